The highest BCUT2D eigenvalue weighted by Crippen LogP contribution is 2.28. The number of nitro groups is 1. The molecule has 98 valence electrons. The van der Waals surface area contributed by atoms with Crippen molar-refractivity contribution in [1.29, 1.82) is 0 Å². The van der Waals surface area contributed by atoms with Crippen molar-refractivity contribution >= 4 is 11.5 Å². The number of nitrogens with zero attached hydrogens (tertiary/aromatic N) is 2. The van der Waals surface area contributed by atoms with E-state index in [4.69, 9.17) is 4.74 Å². The van der Waals surface area contributed by atoms with Gasteiger partial charge < -0.3 is 10.1 Å². The smallest absolute Gasteiger partial charge is 0.287 e. The molecule has 0 unspecified atom stereocenters. The quantitative estimate of drug-likeness (QED) is 0.435. The van der Waals surface area contributed by atoms with Gasteiger partial charge in [-0.1, -0.05) is 0 Å². The van der Waals surface area contributed by atoms with E-state index in [1.165, 1.54) is 25.1 Å². The molecule has 6 heteroatoms. The molecule has 2 rings (SSSR count). The van der Waals surface area contributed by atoms with E-state index in [0.29, 0.717) is 5.82 Å². The zero-order chi connectivity index (χ0) is 12.8. The number of hydrogen-bond acceptors (Lipinski definition) is 5. The third-order valence-corrected chi connectivity index (χ3v) is 2.78. The molecule has 0 spiro atoms. The first-order chi connectivity index (χ1) is 8.75. The predicted molar refractivity (Wildman–Crippen MR) is 67.5 cm³/mol. The highest BCUT2D eigenvalue weighted by Gasteiger charge is 2.20. The standard InChI is InChI=1S/C12H17N3O3/c16-15(17)11-4-5-12(14-8-11)13-6-1-7-18-9-10-2-3-10/h4-5,8,10H,1-3,6-7,9H2,(H,13,14). The van der Waals surface area contributed by atoms with Crippen LogP contribution in [0.1, 0.15) is 19.3 Å². The van der Waals surface area contributed by atoms with Crippen molar-refractivity contribution in [3.8, 4) is 0 Å². The van der Waals surface area contributed by atoms with Crippen LogP contribution in [0.5, 0.6) is 0 Å². The zero-order valence-corrected chi connectivity index (χ0v) is 10.2. The Balaban J connectivity index is 1.58. The monoisotopic (exact) mass is 251 g/mol. The van der Waals surface area contributed by atoms with Crippen molar-refractivity contribution in [2.45, 2.75) is 19.3 Å². The molecular weight excluding hydrogens is 234 g/mol. The van der Waals surface area contributed by atoms with Crippen LogP contribution in [0.2, 0.25) is 0 Å². The van der Waals surface area contributed by atoms with E-state index < -0.39 is 4.92 Å². The maximum Gasteiger partial charge on any atom is 0.287 e. The average molecular weight is 251 g/mol. The molecule has 0 amide bonds. The second kappa shape index (κ2) is 6.30. The third-order valence-electron chi connectivity index (χ3n) is 2.78. The van der Waals surface area contributed by atoms with Crippen LogP contribution >= 0.6 is 0 Å². The number of nitrogens with one attached hydrogen (secondary N) is 1. The normalized spacial score (nSPS) is 14.4. The molecule has 1 aromatic rings. The Morgan fingerprint density at radius 3 is 2.94 bits per heavy atom. The molecule has 0 saturated heterocycles. The minimum absolute atomic E-state index is 0.00770. The fourth-order valence-corrected chi connectivity index (χ4v) is 1.52. The lowest BCUT2D eigenvalue weighted by molar-refractivity contribution is -0.385. The van der Waals surface area contributed by atoms with Crippen molar-refractivity contribution in [2.24, 2.45) is 5.92 Å². The average Bonchev–Trinajstić information content (AvgIpc) is 3.18. The number of ether oxygens (including phenoxy) is 1. The molecule has 0 aliphatic heterocycles. The third kappa shape index (κ3) is 4.29. The molecule has 0 bridgehead atoms. The van der Waals surface area contributed by atoms with E-state index in [2.05, 4.69) is 10.3 Å². The van der Waals surface area contributed by atoms with Crippen molar-refractivity contribution in [2.75, 3.05) is 25.1 Å². The first kappa shape index (κ1) is 12.8. The van der Waals surface area contributed by atoms with E-state index in [-0.39, 0.29) is 5.69 Å². The second-order valence-electron chi connectivity index (χ2n) is 4.46. The van der Waals surface area contributed by atoms with Gasteiger partial charge in [0, 0.05) is 25.8 Å². The Morgan fingerprint density at radius 1 is 1.50 bits per heavy atom. The lowest BCUT2D eigenvalue weighted by Gasteiger charge is -2.05. The second-order valence-corrected chi connectivity index (χ2v) is 4.46. The fourth-order valence-electron chi connectivity index (χ4n) is 1.52. The molecular formula is C12H17N3O3. The SMILES string of the molecule is O=[N+]([O-])c1ccc(NCCCOCC2CC2)nc1. The van der Waals surface area contributed by atoms with Gasteiger partial charge in [0.1, 0.15) is 12.0 Å². The number of hydrogen-bond donors (Lipinski definition) is 1. The van der Waals surface area contributed by atoms with Gasteiger partial charge in [-0.3, -0.25) is 10.1 Å². The van der Waals surface area contributed by atoms with Crippen LogP contribution < -0.4 is 5.32 Å². The zero-order valence-electron chi connectivity index (χ0n) is 10.2. The van der Waals surface area contributed by atoms with Crippen LogP contribution in [0.3, 0.4) is 0 Å². The Bertz CT molecular complexity index is 390. The molecule has 0 aromatic carbocycles. The first-order valence-electron chi connectivity index (χ1n) is 6.18. The minimum atomic E-state index is -0.456. The Hall–Kier alpha value is -1.69. The summed E-state index contributed by atoms with van der Waals surface area (Å²) in [6.45, 7) is 2.39. The van der Waals surface area contributed by atoms with E-state index in [1.54, 1.807) is 6.07 Å². The topological polar surface area (TPSA) is 77.3 Å². The maximum atomic E-state index is 10.4. The number of anilines is 1. The van der Waals surface area contributed by atoms with Gasteiger partial charge in [0.05, 0.1) is 4.92 Å². The van der Waals surface area contributed by atoms with Crippen molar-refractivity contribution in [3.05, 3.63) is 28.4 Å². The summed E-state index contributed by atoms with van der Waals surface area (Å²) >= 11 is 0. The molecule has 1 aliphatic carbocycles. The van der Waals surface area contributed by atoms with Crippen LogP contribution in [-0.2, 0) is 4.74 Å². The van der Waals surface area contributed by atoms with Gasteiger partial charge >= 0.3 is 0 Å². The molecule has 1 aromatic heterocycles. The van der Waals surface area contributed by atoms with Gasteiger partial charge in [0.25, 0.3) is 5.69 Å². The van der Waals surface area contributed by atoms with Crippen molar-refractivity contribution in [1.82, 2.24) is 4.98 Å². The van der Waals surface area contributed by atoms with Crippen molar-refractivity contribution in [3.63, 3.8) is 0 Å². The van der Waals surface area contributed by atoms with Gasteiger partial charge in [-0.2, -0.15) is 0 Å². The predicted octanol–water partition coefficient (Wildman–Crippen LogP) is 2.22. The molecule has 6 nitrogen and oxygen atoms in total. The highest BCUT2D eigenvalue weighted by atomic mass is 16.6. The van der Waals surface area contributed by atoms with Gasteiger partial charge in [0.15, 0.2) is 0 Å². The lowest BCUT2D eigenvalue weighted by Crippen LogP contribution is -2.07. The van der Waals surface area contributed by atoms with E-state index in [9.17, 15) is 10.1 Å². The molecule has 0 radical (unpaired) electrons. The van der Waals surface area contributed by atoms with Gasteiger partial charge in [-0.05, 0) is 31.2 Å². The molecule has 18 heavy (non-hydrogen) atoms. The lowest BCUT2D eigenvalue weighted by atomic mass is 10.4. The summed E-state index contributed by atoms with van der Waals surface area (Å²) in [5.41, 5.74) is 0.00770. The molecule has 1 fully saturated rings. The highest BCUT2D eigenvalue weighted by molar-refractivity contribution is 5.39. The van der Waals surface area contributed by atoms with Crippen molar-refractivity contribution < 1.29 is 9.66 Å². The molecule has 1 aliphatic rings. The summed E-state index contributed by atoms with van der Waals surface area (Å²) in [6, 6.07) is 3.06. The van der Waals surface area contributed by atoms with Crippen LogP contribution in [0.4, 0.5) is 11.5 Å². The molecule has 1 heterocycles. The van der Waals surface area contributed by atoms with Crippen LogP contribution in [0.15, 0.2) is 18.3 Å². The number of aromatic nitrogens is 1. The summed E-state index contributed by atoms with van der Waals surface area (Å²) in [4.78, 5) is 13.9. The first-order valence-corrected chi connectivity index (χ1v) is 6.18. The Labute approximate surface area is 106 Å². The maximum absolute atomic E-state index is 10.4. The molecule has 1 saturated carbocycles. The molecule has 0 atom stereocenters. The fraction of sp³-hybridized carbons (Fsp3) is 0.583. The summed E-state index contributed by atoms with van der Waals surface area (Å²) in [5.74, 6) is 1.46. The summed E-state index contributed by atoms with van der Waals surface area (Å²) in [7, 11) is 0. The van der Waals surface area contributed by atoms with Gasteiger partial charge in [-0.25, -0.2) is 4.98 Å². The van der Waals surface area contributed by atoms with Gasteiger partial charge in [0.2, 0.25) is 0 Å². The summed E-state index contributed by atoms with van der Waals surface area (Å²) < 4.78 is 5.50. The van der Waals surface area contributed by atoms with E-state index >= 15 is 0 Å². The van der Waals surface area contributed by atoms with Crippen LogP contribution in [0.25, 0.3) is 0 Å². The van der Waals surface area contributed by atoms with Gasteiger partial charge in [-0.15, -0.1) is 0 Å². The largest absolute Gasteiger partial charge is 0.381 e. The summed E-state index contributed by atoms with van der Waals surface area (Å²) in [6.07, 6.45) is 4.78. The summed E-state index contributed by atoms with van der Waals surface area (Å²) in [5, 5.41) is 13.5. The Kier molecular flexibility index (Phi) is 4.46. The minimum Gasteiger partial charge on any atom is -0.381 e. The van der Waals surface area contributed by atoms with E-state index in [1.807, 2.05) is 0 Å². The number of pyridine rings is 1. The van der Waals surface area contributed by atoms with Crippen LogP contribution in [-0.4, -0.2) is 29.7 Å². The molecule has 1 N–H and O–H groups in total. The Morgan fingerprint density at radius 2 is 2.33 bits per heavy atom. The number of rotatable bonds is 8. The van der Waals surface area contributed by atoms with E-state index in [0.717, 1.165) is 32.1 Å². The van der Waals surface area contributed by atoms with Crippen LogP contribution in [0, 0.1) is 16.0 Å².